The molecule has 0 bridgehead atoms. The van der Waals surface area contributed by atoms with Crippen molar-refractivity contribution in [2.45, 2.75) is 0 Å². The number of ether oxygens (including phenoxy) is 1. The molecular weight excluding hydrogens is 238 g/mol. The fourth-order valence-electron chi connectivity index (χ4n) is 1.56. The standard InChI is InChI=1S/C13H13NO2.ClH/c1-16-11-5-2-9(3-6-11)12-8-10(14)4-7-13(12)15;/h2-8,15H,14H2,1H3;1H. The average Bonchev–Trinajstić information content (AvgIpc) is 2.32. The average molecular weight is 252 g/mol. The predicted octanol–water partition coefficient (Wildman–Crippen LogP) is 3.07. The molecule has 0 aliphatic carbocycles. The van der Waals surface area contributed by atoms with Crippen molar-refractivity contribution < 1.29 is 9.84 Å². The van der Waals surface area contributed by atoms with Gasteiger partial charge in [-0.05, 0) is 35.9 Å². The van der Waals surface area contributed by atoms with Crippen molar-refractivity contribution in [2.24, 2.45) is 0 Å². The molecule has 3 nitrogen and oxygen atoms in total. The summed E-state index contributed by atoms with van der Waals surface area (Å²) in [5, 5.41) is 9.73. The van der Waals surface area contributed by atoms with E-state index in [4.69, 9.17) is 10.5 Å². The lowest BCUT2D eigenvalue weighted by molar-refractivity contribution is 0.415. The maximum Gasteiger partial charge on any atom is 0.123 e. The summed E-state index contributed by atoms with van der Waals surface area (Å²) < 4.78 is 5.07. The normalized spacial score (nSPS) is 9.47. The van der Waals surface area contributed by atoms with Crippen LogP contribution in [0.15, 0.2) is 42.5 Å². The molecule has 90 valence electrons. The first-order chi connectivity index (χ1) is 7.70. The number of halogens is 1. The summed E-state index contributed by atoms with van der Waals surface area (Å²) in [6.07, 6.45) is 0. The third-order valence-corrected chi connectivity index (χ3v) is 2.42. The second kappa shape index (κ2) is 5.46. The number of hydrogen-bond acceptors (Lipinski definition) is 3. The van der Waals surface area contributed by atoms with Crippen LogP contribution in [0, 0.1) is 0 Å². The first kappa shape index (κ1) is 13.2. The van der Waals surface area contributed by atoms with Gasteiger partial charge in [0, 0.05) is 11.3 Å². The number of benzene rings is 2. The van der Waals surface area contributed by atoms with Gasteiger partial charge in [0.25, 0.3) is 0 Å². The van der Waals surface area contributed by atoms with Gasteiger partial charge < -0.3 is 15.6 Å². The van der Waals surface area contributed by atoms with Gasteiger partial charge in [0.1, 0.15) is 11.5 Å². The van der Waals surface area contributed by atoms with E-state index >= 15 is 0 Å². The highest BCUT2D eigenvalue weighted by molar-refractivity contribution is 5.85. The highest BCUT2D eigenvalue weighted by atomic mass is 35.5. The Hall–Kier alpha value is -1.87. The number of anilines is 1. The van der Waals surface area contributed by atoms with Gasteiger partial charge in [-0.1, -0.05) is 12.1 Å². The Bertz CT molecular complexity index is 497. The third-order valence-electron chi connectivity index (χ3n) is 2.42. The van der Waals surface area contributed by atoms with Crippen LogP contribution in [0.5, 0.6) is 11.5 Å². The van der Waals surface area contributed by atoms with Crippen molar-refractivity contribution in [1.82, 2.24) is 0 Å². The Morgan fingerprint density at radius 3 is 2.29 bits per heavy atom. The van der Waals surface area contributed by atoms with Crippen molar-refractivity contribution in [2.75, 3.05) is 12.8 Å². The molecule has 0 radical (unpaired) electrons. The zero-order chi connectivity index (χ0) is 11.5. The number of phenols is 1. The van der Waals surface area contributed by atoms with E-state index in [1.165, 1.54) is 0 Å². The van der Waals surface area contributed by atoms with Crippen molar-refractivity contribution >= 4 is 18.1 Å². The summed E-state index contributed by atoms with van der Waals surface area (Å²) in [6.45, 7) is 0. The lowest BCUT2D eigenvalue weighted by atomic mass is 10.0. The Labute approximate surface area is 106 Å². The zero-order valence-corrected chi connectivity index (χ0v) is 10.2. The molecule has 0 amide bonds. The number of nitrogen functional groups attached to an aromatic ring is 1. The first-order valence-corrected chi connectivity index (χ1v) is 4.93. The van der Waals surface area contributed by atoms with Gasteiger partial charge in [0.2, 0.25) is 0 Å². The van der Waals surface area contributed by atoms with Crippen LogP contribution < -0.4 is 10.5 Å². The molecule has 0 aromatic heterocycles. The van der Waals surface area contributed by atoms with Crippen molar-refractivity contribution in [3.05, 3.63) is 42.5 Å². The fraction of sp³-hybridized carbons (Fsp3) is 0.0769. The van der Waals surface area contributed by atoms with E-state index in [-0.39, 0.29) is 18.2 Å². The second-order valence-corrected chi connectivity index (χ2v) is 3.51. The minimum Gasteiger partial charge on any atom is -0.507 e. The third kappa shape index (κ3) is 2.82. The van der Waals surface area contributed by atoms with Crippen LogP contribution in [-0.2, 0) is 0 Å². The number of nitrogens with two attached hydrogens (primary N) is 1. The van der Waals surface area contributed by atoms with Crippen LogP contribution in [0.25, 0.3) is 11.1 Å². The van der Waals surface area contributed by atoms with E-state index in [2.05, 4.69) is 0 Å². The topological polar surface area (TPSA) is 55.5 Å². The minimum absolute atomic E-state index is 0. The van der Waals surface area contributed by atoms with Crippen LogP contribution in [0.1, 0.15) is 0 Å². The van der Waals surface area contributed by atoms with Gasteiger partial charge in [0.05, 0.1) is 7.11 Å². The molecule has 3 N–H and O–H groups in total. The van der Waals surface area contributed by atoms with Gasteiger partial charge in [-0.25, -0.2) is 0 Å². The van der Waals surface area contributed by atoms with Crippen LogP contribution in [0.4, 0.5) is 5.69 Å². The maximum absolute atomic E-state index is 9.73. The van der Waals surface area contributed by atoms with E-state index in [9.17, 15) is 5.11 Å². The van der Waals surface area contributed by atoms with E-state index < -0.39 is 0 Å². The summed E-state index contributed by atoms with van der Waals surface area (Å²) in [5.41, 5.74) is 7.95. The SMILES string of the molecule is COc1ccc(-c2cc(N)ccc2O)cc1.Cl. The Morgan fingerprint density at radius 1 is 1.06 bits per heavy atom. The number of hydrogen-bond donors (Lipinski definition) is 2. The minimum atomic E-state index is 0. The molecule has 0 saturated heterocycles. The van der Waals surface area contributed by atoms with Crippen LogP contribution in [0.3, 0.4) is 0 Å². The molecule has 2 rings (SSSR count). The molecular formula is C13H14ClNO2. The Morgan fingerprint density at radius 2 is 1.71 bits per heavy atom. The van der Waals surface area contributed by atoms with Crippen molar-refractivity contribution in [1.29, 1.82) is 0 Å². The van der Waals surface area contributed by atoms with Gasteiger partial charge in [0.15, 0.2) is 0 Å². The Balaban J connectivity index is 0.00000144. The first-order valence-electron chi connectivity index (χ1n) is 4.93. The van der Waals surface area contributed by atoms with Crippen LogP contribution in [-0.4, -0.2) is 12.2 Å². The zero-order valence-electron chi connectivity index (χ0n) is 9.38. The van der Waals surface area contributed by atoms with Gasteiger partial charge in [-0.15, -0.1) is 12.4 Å². The Kier molecular flexibility index (Phi) is 4.24. The van der Waals surface area contributed by atoms with E-state index in [1.807, 2.05) is 24.3 Å². The molecule has 0 saturated carbocycles. The quantitative estimate of drug-likeness (QED) is 0.637. The molecule has 2 aromatic carbocycles. The molecule has 0 aliphatic rings. The maximum atomic E-state index is 9.73. The lowest BCUT2D eigenvalue weighted by Crippen LogP contribution is -1.87. The van der Waals surface area contributed by atoms with Gasteiger partial charge in [-0.2, -0.15) is 0 Å². The molecule has 0 unspecified atom stereocenters. The van der Waals surface area contributed by atoms with E-state index in [0.29, 0.717) is 5.69 Å². The fourth-order valence-corrected chi connectivity index (χ4v) is 1.56. The van der Waals surface area contributed by atoms with Crippen molar-refractivity contribution in [3.63, 3.8) is 0 Å². The molecule has 0 atom stereocenters. The molecule has 0 fully saturated rings. The molecule has 0 spiro atoms. The summed E-state index contributed by atoms with van der Waals surface area (Å²) in [7, 11) is 1.62. The summed E-state index contributed by atoms with van der Waals surface area (Å²) in [5.74, 6) is 1.01. The number of methoxy groups -OCH3 is 1. The summed E-state index contributed by atoms with van der Waals surface area (Å²) >= 11 is 0. The number of phenolic OH excluding ortho intramolecular Hbond substituents is 1. The number of aromatic hydroxyl groups is 1. The number of rotatable bonds is 2. The smallest absolute Gasteiger partial charge is 0.123 e. The van der Waals surface area contributed by atoms with E-state index in [0.717, 1.165) is 16.9 Å². The molecule has 17 heavy (non-hydrogen) atoms. The monoisotopic (exact) mass is 251 g/mol. The highest BCUT2D eigenvalue weighted by Crippen LogP contribution is 2.31. The van der Waals surface area contributed by atoms with E-state index in [1.54, 1.807) is 25.3 Å². The highest BCUT2D eigenvalue weighted by Gasteiger charge is 2.04. The summed E-state index contributed by atoms with van der Waals surface area (Å²) in [6, 6.07) is 12.5. The van der Waals surface area contributed by atoms with Crippen LogP contribution >= 0.6 is 12.4 Å². The molecule has 0 heterocycles. The van der Waals surface area contributed by atoms with Crippen molar-refractivity contribution in [3.8, 4) is 22.6 Å². The van der Waals surface area contributed by atoms with Gasteiger partial charge in [-0.3, -0.25) is 0 Å². The lowest BCUT2D eigenvalue weighted by Gasteiger charge is -2.06. The van der Waals surface area contributed by atoms with Crippen LogP contribution in [0.2, 0.25) is 0 Å². The van der Waals surface area contributed by atoms with Gasteiger partial charge >= 0.3 is 0 Å². The summed E-state index contributed by atoms with van der Waals surface area (Å²) in [4.78, 5) is 0. The molecule has 4 heteroatoms. The predicted molar refractivity (Wildman–Crippen MR) is 71.8 cm³/mol. The molecule has 2 aromatic rings. The molecule has 0 aliphatic heterocycles. The second-order valence-electron chi connectivity index (χ2n) is 3.51. The largest absolute Gasteiger partial charge is 0.507 e.